The van der Waals surface area contributed by atoms with Crippen molar-refractivity contribution in [2.75, 3.05) is 59.0 Å². The molecule has 33 heavy (non-hydrogen) atoms. The summed E-state index contributed by atoms with van der Waals surface area (Å²) in [4.78, 5) is 52.5. The van der Waals surface area contributed by atoms with Gasteiger partial charge in [0.2, 0.25) is 11.8 Å². The Kier molecular flexibility index (Phi) is 8.65. The van der Waals surface area contributed by atoms with Gasteiger partial charge in [-0.3, -0.25) is 14.5 Å². The predicted octanol–water partition coefficient (Wildman–Crippen LogP) is -0.478. The number of piperidine rings is 2. The molecule has 0 bridgehead atoms. The highest BCUT2D eigenvalue weighted by atomic mass is 19.4. The van der Waals surface area contributed by atoms with Crippen LogP contribution in [0.5, 0.6) is 0 Å². The minimum Gasteiger partial charge on any atom is -0.385 e. The van der Waals surface area contributed by atoms with Crippen molar-refractivity contribution in [1.82, 2.24) is 20.0 Å². The number of ether oxygens (including phenoxy) is 2. The first-order chi connectivity index (χ1) is 15.6. The van der Waals surface area contributed by atoms with E-state index in [-0.39, 0.29) is 18.4 Å². The summed E-state index contributed by atoms with van der Waals surface area (Å²) in [6, 6.07) is 0.399. The van der Waals surface area contributed by atoms with Gasteiger partial charge >= 0.3 is 18.1 Å². The maximum absolute atomic E-state index is 12.6. The first-order valence-corrected chi connectivity index (χ1v) is 11.1. The molecule has 13 heteroatoms. The van der Waals surface area contributed by atoms with E-state index in [9.17, 15) is 32.3 Å². The number of nitrogens with one attached hydrogen (secondary N) is 1. The lowest BCUT2D eigenvalue weighted by Crippen LogP contribution is -2.57. The molecule has 3 saturated heterocycles. The zero-order chi connectivity index (χ0) is 24.0. The topological polar surface area (TPSA) is 108 Å². The molecular formula is C20H29F3N4O6. The van der Waals surface area contributed by atoms with Crippen molar-refractivity contribution < 1.29 is 41.8 Å². The smallest absolute Gasteiger partial charge is 0.385 e. The van der Waals surface area contributed by atoms with Crippen LogP contribution in [0.1, 0.15) is 25.7 Å². The van der Waals surface area contributed by atoms with Crippen LogP contribution in [0.4, 0.5) is 13.2 Å². The zero-order valence-corrected chi connectivity index (χ0v) is 18.3. The summed E-state index contributed by atoms with van der Waals surface area (Å²) in [7, 11) is 0. The van der Waals surface area contributed by atoms with E-state index in [1.165, 1.54) is 0 Å². The maximum atomic E-state index is 12.6. The standard InChI is InChI=1S/C20H29F3N4O6/c21-20(22,23)19(31)33-18(30)13-32-15-3-7-25(8-4-15)16(28)12-27-10-9-26(11-17(27)29)14-1-5-24-6-2-14/h14-15,24H,1-13H2. The van der Waals surface area contributed by atoms with E-state index in [0.717, 1.165) is 32.5 Å². The Morgan fingerprint density at radius 2 is 1.67 bits per heavy atom. The number of alkyl halides is 3. The van der Waals surface area contributed by atoms with Gasteiger partial charge in [-0.15, -0.1) is 0 Å². The third-order valence-corrected chi connectivity index (χ3v) is 6.17. The quantitative estimate of drug-likeness (QED) is 0.403. The van der Waals surface area contributed by atoms with Gasteiger partial charge in [-0.25, -0.2) is 9.59 Å². The van der Waals surface area contributed by atoms with Crippen LogP contribution >= 0.6 is 0 Å². The summed E-state index contributed by atoms with van der Waals surface area (Å²) in [5, 5.41) is 3.31. The molecule has 2 amide bonds. The van der Waals surface area contributed by atoms with Crippen LogP contribution < -0.4 is 5.32 Å². The molecule has 0 spiro atoms. The Morgan fingerprint density at radius 1 is 1.00 bits per heavy atom. The first kappa shape index (κ1) is 25.4. The van der Waals surface area contributed by atoms with Crippen molar-refractivity contribution >= 4 is 23.8 Å². The van der Waals surface area contributed by atoms with Gasteiger partial charge < -0.3 is 24.6 Å². The van der Waals surface area contributed by atoms with E-state index < -0.39 is 30.8 Å². The third-order valence-electron chi connectivity index (χ3n) is 6.17. The Balaban J connectivity index is 1.34. The van der Waals surface area contributed by atoms with Crippen LogP contribution in [0.2, 0.25) is 0 Å². The number of likely N-dealkylation sites (tertiary alicyclic amines) is 1. The highest BCUT2D eigenvalue weighted by Crippen LogP contribution is 2.18. The van der Waals surface area contributed by atoms with Crippen molar-refractivity contribution in [3.63, 3.8) is 0 Å². The van der Waals surface area contributed by atoms with Gasteiger partial charge in [-0.1, -0.05) is 0 Å². The molecule has 1 N–H and O–H groups in total. The molecule has 3 rings (SSSR count). The van der Waals surface area contributed by atoms with Crippen molar-refractivity contribution in [1.29, 1.82) is 0 Å². The highest BCUT2D eigenvalue weighted by Gasteiger charge is 2.42. The first-order valence-electron chi connectivity index (χ1n) is 11.1. The second-order valence-electron chi connectivity index (χ2n) is 8.42. The molecule has 3 fully saturated rings. The SMILES string of the molecule is O=C(COC1CCN(C(=O)CN2CCN(C3CCNCC3)CC2=O)CC1)OC(=O)C(F)(F)F. The van der Waals surface area contributed by atoms with E-state index >= 15 is 0 Å². The predicted molar refractivity (Wildman–Crippen MR) is 107 cm³/mol. The molecule has 0 aromatic carbocycles. The van der Waals surface area contributed by atoms with Gasteiger partial charge in [0.1, 0.15) is 6.61 Å². The minimum absolute atomic E-state index is 0.0102. The van der Waals surface area contributed by atoms with Gasteiger partial charge in [0.15, 0.2) is 0 Å². The second kappa shape index (κ2) is 11.3. The van der Waals surface area contributed by atoms with Crippen molar-refractivity contribution in [2.45, 2.75) is 44.0 Å². The molecule has 186 valence electrons. The molecule has 0 unspecified atom stereocenters. The molecule has 0 saturated carbocycles. The number of hydrogen-bond acceptors (Lipinski definition) is 8. The lowest BCUT2D eigenvalue weighted by atomic mass is 10.0. The van der Waals surface area contributed by atoms with Gasteiger partial charge in [0.25, 0.3) is 0 Å². The number of carbonyl (C=O) groups is 4. The Hall–Kier alpha value is -2.25. The number of esters is 2. The molecule has 0 atom stereocenters. The molecule has 3 aliphatic rings. The van der Waals surface area contributed by atoms with Crippen molar-refractivity contribution in [3.05, 3.63) is 0 Å². The molecule has 0 aromatic rings. The molecule has 0 aromatic heterocycles. The molecule has 10 nitrogen and oxygen atoms in total. The summed E-state index contributed by atoms with van der Waals surface area (Å²) < 4.78 is 45.1. The number of halogens is 3. The van der Waals surface area contributed by atoms with Crippen LogP contribution in [0, 0.1) is 0 Å². The monoisotopic (exact) mass is 478 g/mol. The van der Waals surface area contributed by atoms with Crippen LogP contribution in [0.25, 0.3) is 0 Å². The van der Waals surface area contributed by atoms with Gasteiger partial charge in [-0.2, -0.15) is 13.2 Å². The largest absolute Gasteiger partial charge is 0.491 e. The maximum Gasteiger partial charge on any atom is 0.491 e. The number of rotatable bonds is 6. The molecule has 3 heterocycles. The fourth-order valence-electron chi connectivity index (χ4n) is 4.29. The summed E-state index contributed by atoms with van der Waals surface area (Å²) in [5.74, 6) is -4.23. The van der Waals surface area contributed by atoms with E-state index in [4.69, 9.17) is 4.74 Å². The highest BCUT2D eigenvalue weighted by molar-refractivity contribution is 5.89. The van der Waals surface area contributed by atoms with E-state index in [1.807, 2.05) is 0 Å². The Bertz CT molecular complexity index is 736. The average molecular weight is 478 g/mol. The van der Waals surface area contributed by atoms with Gasteiger partial charge in [-0.05, 0) is 38.8 Å². The summed E-state index contributed by atoms with van der Waals surface area (Å²) in [6.45, 7) is 3.37. The minimum atomic E-state index is -5.25. The Morgan fingerprint density at radius 3 is 2.27 bits per heavy atom. The number of nitrogens with zero attached hydrogens (tertiary/aromatic N) is 3. The van der Waals surface area contributed by atoms with Crippen LogP contribution in [0.15, 0.2) is 0 Å². The summed E-state index contributed by atoms with van der Waals surface area (Å²) in [5.41, 5.74) is 0. The van der Waals surface area contributed by atoms with Crippen LogP contribution in [-0.4, -0.2) is 116 Å². The summed E-state index contributed by atoms with van der Waals surface area (Å²) in [6.07, 6.45) is -2.91. The van der Waals surface area contributed by atoms with Crippen LogP contribution in [-0.2, 0) is 28.7 Å². The van der Waals surface area contributed by atoms with E-state index in [0.29, 0.717) is 45.1 Å². The number of carbonyl (C=O) groups excluding carboxylic acids is 4. The fourth-order valence-corrected chi connectivity index (χ4v) is 4.29. The summed E-state index contributed by atoms with van der Waals surface area (Å²) >= 11 is 0. The second-order valence-corrected chi connectivity index (χ2v) is 8.42. The zero-order valence-electron chi connectivity index (χ0n) is 18.3. The lowest BCUT2D eigenvalue weighted by Gasteiger charge is -2.41. The lowest BCUT2D eigenvalue weighted by molar-refractivity contribution is -0.203. The van der Waals surface area contributed by atoms with Crippen molar-refractivity contribution in [3.8, 4) is 0 Å². The molecule has 0 radical (unpaired) electrons. The van der Waals surface area contributed by atoms with Crippen LogP contribution in [0.3, 0.4) is 0 Å². The third kappa shape index (κ3) is 7.37. The average Bonchev–Trinajstić information content (AvgIpc) is 2.79. The van der Waals surface area contributed by atoms with Crippen molar-refractivity contribution in [2.24, 2.45) is 0 Å². The molecule has 3 aliphatic heterocycles. The van der Waals surface area contributed by atoms with E-state index in [2.05, 4.69) is 15.0 Å². The number of hydrogen-bond donors (Lipinski definition) is 1. The fraction of sp³-hybridized carbons (Fsp3) is 0.800. The van der Waals surface area contributed by atoms with Gasteiger partial charge in [0, 0.05) is 32.2 Å². The normalized spacial score (nSPS) is 21.8. The molecule has 0 aliphatic carbocycles. The number of piperazine rings is 1. The number of amides is 2. The van der Waals surface area contributed by atoms with E-state index in [1.54, 1.807) is 9.80 Å². The molecular weight excluding hydrogens is 449 g/mol. The van der Waals surface area contributed by atoms with Gasteiger partial charge in [0.05, 0.1) is 19.2 Å². The Labute approximate surface area is 189 Å².